The Morgan fingerprint density at radius 3 is 2.81 bits per heavy atom. The van der Waals surface area contributed by atoms with Crippen molar-refractivity contribution in [3.05, 3.63) is 51.7 Å². The number of hydrogen-bond acceptors (Lipinski definition) is 4. The number of likely N-dealkylation sites (tertiary alicyclic amines) is 1. The summed E-state index contributed by atoms with van der Waals surface area (Å²) in [5.74, 6) is -0.0726. The zero-order chi connectivity index (χ0) is 18.1. The number of carbonyl (C=O) groups is 2. The Hall–Kier alpha value is -2.05. The molecule has 5 nitrogen and oxygen atoms in total. The standard InChI is InChI=1S/C20H23N3O2S.ClH/c21-14-8-9-15-13(12-14)4-1-5-16(15)22-19(24)17-6-2-10-23(17)20(25)18-7-3-11-26-18;/h3,7-9,11-12,16-17H,1-2,4-6,10,21H2,(H,22,24);1H. The summed E-state index contributed by atoms with van der Waals surface area (Å²) in [6.07, 6.45) is 4.55. The molecule has 2 aliphatic rings. The average Bonchev–Trinajstić information content (AvgIpc) is 3.33. The van der Waals surface area contributed by atoms with E-state index in [1.54, 1.807) is 4.90 Å². The zero-order valence-electron chi connectivity index (χ0n) is 15.0. The minimum Gasteiger partial charge on any atom is -0.399 e. The monoisotopic (exact) mass is 405 g/mol. The summed E-state index contributed by atoms with van der Waals surface area (Å²) in [6.45, 7) is 0.645. The number of fused-ring (bicyclic) bond motifs is 1. The van der Waals surface area contributed by atoms with Crippen molar-refractivity contribution in [2.75, 3.05) is 12.3 Å². The molecular weight excluding hydrogens is 382 g/mol. The van der Waals surface area contributed by atoms with Crippen molar-refractivity contribution in [2.24, 2.45) is 0 Å². The smallest absolute Gasteiger partial charge is 0.264 e. The molecule has 2 aromatic rings. The first-order valence-corrected chi connectivity index (χ1v) is 10.0. The highest BCUT2D eigenvalue weighted by atomic mass is 35.5. The van der Waals surface area contributed by atoms with Crippen LogP contribution in [0.3, 0.4) is 0 Å². The molecule has 2 atom stereocenters. The molecule has 1 saturated heterocycles. The van der Waals surface area contributed by atoms with E-state index in [1.165, 1.54) is 16.9 Å². The summed E-state index contributed by atoms with van der Waals surface area (Å²) in [5, 5.41) is 5.09. The number of anilines is 1. The normalized spacial score (nSPS) is 21.3. The molecule has 0 spiro atoms. The predicted octanol–water partition coefficient (Wildman–Crippen LogP) is 3.55. The molecular formula is C20H24ClN3O2S. The molecule has 0 bridgehead atoms. The van der Waals surface area contributed by atoms with Crippen LogP contribution in [-0.2, 0) is 11.2 Å². The molecule has 0 radical (unpaired) electrons. The molecule has 144 valence electrons. The third-order valence-electron chi connectivity index (χ3n) is 5.35. The number of rotatable bonds is 3. The molecule has 2 heterocycles. The van der Waals surface area contributed by atoms with Gasteiger partial charge in [0, 0.05) is 12.2 Å². The number of hydrogen-bond donors (Lipinski definition) is 2. The number of aryl methyl sites for hydroxylation is 1. The van der Waals surface area contributed by atoms with Gasteiger partial charge in [0.1, 0.15) is 6.04 Å². The number of benzene rings is 1. The molecule has 1 aliphatic carbocycles. The van der Waals surface area contributed by atoms with Crippen LogP contribution >= 0.6 is 23.7 Å². The Morgan fingerprint density at radius 2 is 2.04 bits per heavy atom. The van der Waals surface area contributed by atoms with Crippen LogP contribution in [0.4, 0.5) is 5.69 Å². The molecule has 1 fully saturated rings. The van der Waals surface area contributed by atoms with E-state index in [-0.39, 0.29) is 36.3 Å². The van der Waals surface area contributed by atoms with Crippen molar-refractivity contribution in [3.8, 4) is 0 Å². The molecule has 1 aromatic carbocycles. The second-order valence-electron chi connectivity index (χ2n) is 7.05. The Bertz CT molecular complexity index is 825. The summed E-state index contributed by atoms with van der Waals surface area (Å²) < 4.78 is 0. The van der Waals surface area contributed by atoms with Gasteiger partial charge in [0.2, 0.25) is 5.91 Å². The number of amides is 2. The molecule has 3 N–H and O–H groups in total. The lowest BCUT2D eigenvalue weighted by atomic mass is 9.87. The first-order chi connectivity index (χ1) is 12.6. The highest BCUT2D eigenvalue weighted by molar-refractivity contribution is 7.12. The first kappa shape index (κ1) is 19.7. The fraction of sp³-hybridized carbons (Fsp3) is 0.400. The Kier molecular flexibility index (Phi) is 6.07. The van der Waals surface area contributed by atoms with E-state index < -0.39 is 0 Å². The van der Waals surface area contributed by atoms with E-state index in [0.29, 0.717) is 11.4 Å². The highest BCUT2D eigenvalue weighted by Crippen LogP contribution is 2.32. The van der Waals surface area contributed by atoms with Crippen LogP contribution in [-0.4, -0.2) is 29.3 Å². The number of nitrogens with one attached hydrogen (secondary N) is 1. The largest absolute Gasteiger partial charge is 0.399 e. The van der Waals surface area contributed by atoms with E-state index >= 15 is 0 Å². The van der Waals surface area contributed by atoms with Crippen LogP contribution in [0.5, 0.6) is 0 Å². The second kappa shape index (κ2) is 8.31. The summed E-state index contributed by atoms with van der Waals surface area (Å²) >= 11 is 1.42. The number of halogens is 1. The van der Waals surface area contributed by atoms with Gasteiger partial charge in [-0.05, 0) is 66.8 Å². The van der Waals surface area contributed by atoms with Gasteiger partial charge in [0.25, 0.3) is 5.91 Å². The SMILES string of the molecule is Cl.Nc1ccc2c(c1)CCCC2NC(=O)C1CCCN1C(=O)c1cccs1. The quantitative estimate of drug-likeness (QED) is 0.766. The third kappa shape index (κ3) is 3.96. The zero-order valence-corrected chi connectivity index (χ0v) is 16.7. The first-order valence-electron chi connectivity index (χ1n) is 9.16. The lowest BCUT2D eigenvalue weighted by Crippen LogP contribution is -2.47. The Labute approximate surface area is 169 Å². The molecule has 7 heteroatoms. The van der Waals surface area contributed by atoms with Crippen molar-refractivity contribution in [1.82, 2.24) is 10.2 Å². The van der Waals surface area contributed by atoms with Gasteiger partial charge in [-0.25, -0.2) is 0 Å². The number of thiophene rings is 1. The van der Waals surface area contributed by atoms with Gasteiger partial charge in [-0.1, -0.05) is 12.1 Å². The topological polar surface area (TPSA) is 75.4 Å². The summed E-state index contributed by atoms with van der Waals surface area (Å²) in [6, 6.07) is 9.25. The van der Waals surface area contributed by atoms with E-state index in [1.807, 2.05) is 35.7 Å². The van der Waals surface area contributed by atoms with Crippen molar-refractivity contribution in [2.45, 2.75) is 44.2 Å². The van der Waals surface area contributed by atoms with Gasteiger partial charge in [-0.3, -0.25) is 9.59 Å². The van der Waals surface area contributed by atoms with E-state index in [9.17, 15) is 9.59 Å². The maximum absolute atomic E-state index is 12.9. The van der Waals surface area contributed by atoms with Crippen molar-refractivity contribution in [1.29, 1.82) is 0 Å². The molecule has 2 amide bonds. The van der Waals surface area contributed by atoms with Gasteiger partial charge in [0.05, 0.1) is 10.9 Å². The van der Waals surface area contributed by atoms with Gasteiger partial charge in [0.15, 0.2) is 0 Å². The van der Waals surface area contributed by atoms with Crippen LogP contribution in [0, 0.1) is 0 Å². The molecule has 1 aromatic heterocycles. The van der Waals surface area contributed by atoms with Crippen LogP contribution in [0.2, 0.25) is 0 Å². The number of carbonyl (C=O) groups excluding carboxylic acids is 2. The maximum atomic E-state index is 12.9. The van der Waals surface area contributed by atoms with Crippen LogP contribution in [0.15, 0.2) is 35.7 Å². The minimum absolute atomic E-state index is 0. The fourth-order valence-electron chi connectivity index (χ4n) is 4.08. The van der Waals surface area contributed by atoms with Crippen molar-refractivity contribution < 1.29 is 9.59 Å². The van der Waals surface area contributed by atoms with Crippen LogP contribution < -0.4 is 11.1 Å². The van der Waals surface area contributed by atoms with Gasteiger partial charge >= 0.3 is 0 Å². The summed E-state index contributed by atoms with van der Waals surface area (Å²) in [5.41, 5.74) is 9.04. The average molecular weight is 406 g/mol. The summed E-state index contributed by atoms with van der Waals surface area (Å²) in [7, 11) is 0. The number of nitrogens with two attached hydrogens (primary N) is 1. The summed E-state index contributed by atoms with van der Waals surface area (Å²) in [4.78, 5) is 28.1. The van der Waals surface area contributed by atoms with Gasteiger partial charge in [-0.15, -0.1) is 23.7 Å². The third-order valence-corrected chi connectivity index (χ3v) is 6.20. The molecule has 2 unspecified atom stereocenters. The lowest BCUT2D eigenvalue weighted by Gasteiger charge is -2.30. The Morgan fingerprint density at radius 1 is 1.19 bits per heavy atom. The van der Waals surface area contributed by atoms with Crippen LogP contribution in [0.25, 0.3) is 0 Å². The molecule has 4 rings (SSSR count). The molecule has 1 aliphatic heterocycles. The van der Waals surface area contributed by atoms with E-state index in [2.05, 4.69) is 5.32 Å². The maximum Gasteiger partial charge on any atom is 0.264 e. The molecule has 0 saturated carbocycles. The fourth-order valence-corrected chi connectivity index (χ4v) is 4.76. The van der Waals surface area contributed by atoms with Crippen molar-refractivity contribution >= 4 is 41.2 Å². The van der Waals surface area contributed by atoms with Crippen LogP contribution in [0.1, 0.15) is 52.5 Å². The van der Waals surface area contributed by atoms with E-state index in [0.717, 1.165) is 43.4 Å². The molecule has 27 heavy (non-hydrogen) atoms. The van der Waals surface area contributed by atoms with Gasteiger partial charge in [-0.2, -0.15) is 0 Å². The van der Waals surface area contributed by atoms with E-state index in [4.69, 9.17) is 5.73 Å². The lowest BCUT2D eigenvalue weighted by molar-refractivity contribution is -0.125. The van der Waals surface area contributed by atoms with Gasteiger partial charge < -0.3 is 16.0 Å². The number of nitrogen functional groups attached to an aromatic ring is 1. The predicted molar refractivity (Wildman–Crippen MR) is 110 cm³/mol. The highest BCUT2D eigenvalue weighted by Gasteiger charge is 2.36. The Balaban J connectivity index is 0.00000210. The second-order valence-corrected chi connectivity index (χ2v) is 7.99. The minimum atomic E-state index is -0.372. The van der Waals surface area contributed by atoms with Crippen molar-refractivity contribution in [3.63, 3.8) is 0 Å². The number of nitrogens with zero attached hydrogens (tertiary/aromatic N) is 1.